The molecule has 7 heteroatoms. The van der Waals surface area contributed by atoms with Gasteiger partial charge in [0.25, 0.3) is 5.69 Å². The number of fused-ring (bicyclic) bond motifs is 3. The van der Waals surface area contributed by atoms with Crippen LogP contribution in [0.25, 0.3) is 0 Å². The van der Waals surface area contributed by atoms with E-state index in [0.29, 0.717) is 22.8 Å². The fourth-order valence-corrected chi connectivity index (χ4v) is 4.36. The summed E-state index contributed by atoms with van der Waals surface area (Å²) in [5, 5.41) is 18.8. The molecule has 2 atom stereocenters. The average molecular weight is 420 g/mol. The van der Waals surface area contributed by atoms with Gasteiger partial charge < -0.3 is 4.74 Å². The van der Waals surface area contributed by atoms with Gasteiger partial charge in [0, 0.05) is 41.6 Å². The summed E-state index contributed by atoms with van der Waals surface area (Å²) < 4.78 is 6.43. The Bertz CT molecular complexity index is 1180. The molecule has 6 nitrogen and oxygen atoms in total. The number of hydrogen-bond acceptors (Lipinski definition) is 5. The highest BCUT2D eigenvalue weighted by Gasteiger charge is 2.49. The molecule has 150 valence electrons. The fraction of sp³-hybridized carbons (Fsp3) is 0.174. The fourth-order valence-electron chi connectivity index (χ4n) is 4.18. The lowest BCUT2D eigenvalue weighted by Crippen LogP contribution is -2.48. The summed E-state index contributed by atoms with van der Waals surface area (Å²) in [5.41, 5.74) is 2.61. The van der Waals surface area contributed by atoms with E-state index >= 15 is 0 Å². The first-order chi connectivity index (χ1) is 14.5. The van der Waals surface area contributed by atoms with E-state index in [9.17, 15) is 10.1 Å². The number of benzene rings is 3. The summed E-state index contributed by atoms with van der Waals surface area (Å²) in [6.45, 7) is 1.90. The van der Waals surface area contributed by atoms with Crippen molar-refractivity contribution in [1.29, 1.82) is 0 Å². The molecule has 0 saturated heterocycles. The summed E-state index contributed by atoms with van der Waals surface area (Å²) in [7, 11) is 0. The number of rotatable bonds is 3. The lowest BCUT2D eigenvalue weighted by Gasteiger charge is -2.45. The Morgan fingerprint density at radius 1 is 1.13 bits per heavy atom. The summed E-state index contributed by atoms with van der Waals surface area (Å²) in [4.78, 5) is 11.0. The van der Waals surface area contributed by atoms with Crippen LogP contribution in [0.4, 0.5) is 5.69 Å². The van der Waals surface area contributed by atoms with E-state index in [-0.39, 0.29) is 11.7 Å². The molecule has 2 aliphatic heterocycles. The Morgan fingerprint density at radius 2 is 1.93 bits per heavy atom. The third-order valence-electron chi connectivity index (χ3n) is 5.69. The molecule has 3 aromatic rings. The highest BCUT2D eigenvalue weighted by atomic mass is 35.5. The van der Waals surface area contributed by atoms with E-state index < -0.39 is 10.6 Å². The van der Waals surface area contributed by atoms with Crippen LogP contribution < -0.4 is 4.74 Å². The van der Waals surface area contributed by atoms with Crippen molar-refractivity contribution in [2.24, 2.45) is 5.10 Å². The van der Waals surface area contributed by atoms with Crippen LogP contribution in [-0.2, 0) is 5.72 Å². The SMILES string of the molecule is C[C@]1(c2cccc([N+](=O)[O-])c2)Oc2ccc(Cl)cc2[C@H]2CC(c3ccccc3)=NN21. The number of nitro benzene ring substituents is 1. The molecule has 0 fully saturated rings. The normalized spacial score (nSPS) is 22.0. The number of non-ortho nitro benzene ring substituents is 1. The van der Waals surface area contributed by atoms with Gasteiger partial charge in [0.15, 0.2) is 0 Å². The van der Waals surface area contributed by atoms with Crippen molar-refractivity contribution in [3.63, 3.8) is 0 Å². The maximum Gasteiger partial charge on any atom is 0.269 e. The Labute approximate surface area is 178 Å². The van der Waals surface area contributed by atoms with Crippen molar-refractivity contribution >= 4 is 23.0 Å². The molecule has 5 rings (SSSR count). The van der Waals surface area contributed by atoms with E-state index in [1.54, 1.807) is 18.2 Å². The average Bonchev–Trinajstić information content (AvgIpc) is 3.22. The van der Waals surface area contributed by atoms with Crippen LogP contribution in [0, 0.1) is 10.1 Å². The lowest BCUT2D eigenvalue weighted by atomic mass is 9.92. The Balaban J connectivity index is 1.67. The maximum absolute atomic E-state index is 11.3. The largest absolute Gasteiger partial charge is 0.462 e. The summed E-state index contributed by atoms with van der Waals surface area (Å²) in [6, 6.07) is 22.0. The number of halogens is 1. The van der Waals surface area contributed by atoms with Crippen molar-refractivity contribution < 1.29 is 9.66 Å². The number of nitro groups is 1. The highest BCUT2D eigenvalue weighted by Crippen LogP contribution is 2.51. The van der Waals surface area contributed by atoms with Gasteiger partial charge in [-0.15, -0.1) is 0 Å². The smallest absolute Gasteiger partial charge is 0.269 e. The van der Waals surface area contributed by atoms with Crippen LogP contribution in [0.5, 0.6) is 5.75 Å². The lowest BCUT2D eigenvalue weighted by molar-refractivity contribution is -0.385. The van der Waals surface area contributed by atoms with Crippen LogP contribution in [0.3, 0.4) is 0 Å². The van der Waals surface area contributed by atoms with E-state index in [0.717, 1.165) is 16.8 Å². The second-order valence-corrected chi connectivity index (χ2v) is 7.99. The third kappa shape index (κ3) is 2.92. The van der Waals surface area contributed by atoms with Crippen LogP contribution in [-0.4, -0.2) is 15.6 Å². The monoisotopic (exact) mass is 419 g/mol. The van der Waals surface area contributed by atoms with Gasteiger partial charge in [-0.1, -0.05) is 54.1 Å². The molecule has 0 aliphatic carbocycles. The zero-order valence-corrected chi connectivity index (χ0v) is 16.9. The minimum Gasteiger partial charge on any atom is -0.462 e. The summed E-state index contributed by atoms with van der Waals surface area (Å²) in [6.07, 6.45) is 0.686. The van der Waals surface area contributed by atoms with Gasteiger partial charge in [-0.2, -0.15) is 5.10 Å². The van der Waals surface area contributed by atoms with Gasteiger partial charge in [0.2, 0.25) is 5.72 Å². The zero-order valence-electron chi connectivity index (χ0n) is 16.2. The Hall–Kier alpha value is -3.38. The molecule has 0 N–H and O–H groups in total. The first kappa shape index (κ1) is 18.6. The van der Waals surface area contributed by atoms with Crippen molar-refractivity contribution in [3.05, 3.63) is 105 Å². The molecule has 0 saturated carbocycles. The van der Waals surface area contributed by atoms with Crippen LogP contribution in [0.2, 0.25) is 5.02 Å². The first-order valence-electron chi connectivity index (χ1n) is 9.61. The number of hydrazone groups is 1. The van der Waals surface area contributed by atoms with Gasteiger partial charge in [-0.05, 0) is 23.8 Å². The van der Waals surface area contributed by atoms with Crippen molar-refractivity contribution in [1.82, 2.24) is 5.01 Å². The van der Waals surface area contributed by atoms with Gasteiger partial charge in [-0.25, -0.2) is 5.01 Å². The molecule has 0 unspecified atom stereocenters. The molecule has 30 heavy (non-hydrogen) atoms. The summed E-state index contributed by atoms with van der Waals surface area (Å²) >= 11 is 6.28. The second kappa shape index (κ2) is 6.85. The van der Waals surface area contributed by atoms with Crippen LogP contribution in [0.1, 0.15) is 36.1 Å². The van der Waals surface area contributed by atoms with Gasteiger partial charge in [0.05, 0.1) is 16.7 Å². The first-order valence-corrected chi connectivity index (χ1v) is 9.99. The van der Waals surface area contributed by atoms with Gasteiger partial charge in [-0.3, -0.25) is 10.1 Å². The molecular formula is C23H18ClN3O3. The predicted molar refractivity (Wildman–Crippen MR) is 115 cm³/mol. The predicted octanol–water partition coefficient (Wildman–Crippen LogP) is 5.66. The zero-order chi connectivity index (χ0) is 20.9. The number of ether oxygens (including phenoxy) is 1. The Morgan fingerprint density at radius 3 is 2.70 bits per heavy atom. The standard InChI is InChI=1S/C23H18ClN3O3/c1-23(16-8-5-9-18(12-16)27(28)29)26-21(19-13-17(24)10-11-22(19)30-23)14-20(25-26)15-6-3-2-4-7-15/h2-13,21H,14H2,1H3/t21-,23-/m1/s1. The Kier molecular flexibility index (Phi) is 4.25. The molecule has 2 heterocycles. The molecule has 2 aliphatic rings. The van der Waals surface area contributed by atoms with Crippen LogP contribution >= 0.6 is 11.6 Å². The minimum absolute atomic E-state index is 0.0160. The molecule has 0 bridgehead atoms. The topological polar surface area (TPSA) is 68.0 Å². The molecule has 3 aromatic carbocycles. The molecule has 0 aromatic heterocycles. The van der Waals surface area contributed by atoms with Gasteiger partial charge in [0.1, 0.15) is 5.75 Å². The summed E-state index contributed by atoms with van der Waals surface area (Å²) in [5.74, 6) is 0.708. The number of nitrogens with zero attached hydrogens (tertiary/aromatic N) is 3. The van der Waals surface area contributed by atoms with E-state index in [2.05, 4.69) is 0 Å². The van der Waals surface area contributed by atoms with E-state index in [1.165, 1.54) is 6.07 Å². The maximum atomic E-state index is 11.3. The minimum atomic E-state index is -1.01. The van der Waals surface area contributed by atoms with E-state index in [1.807, 2.05) is 60.5 Å². The molecule has 0 spiro atoms. The quantitative estimate of drug-likeness (QED) is 0.405. The van der Waals surface area contributed by atoms with Crippen molar-refractivity contribution in [2.45, 2.75) is 25.1 Å². The molecule has 0 amide bonds. The van der Waals surface area contributed by atoms with Crippen molar-refractivity contribution in [2.75, 3.05) is 0 Å². The molecular weight excluding hydrogens is 402 g/mol. The molecule has 0 radical (unpaired) electrons. The second-order valence-electron chi connectivity index (χ2n) is 7.55. The highest BCUT2D eigenvalue weighted by molar-refractivity contribution is 6.30. The van der Waals surface area contributed by atoms with E-state index in [4.69, 9.17) is 21.4 Å². The van der Waals surface area contributed by atoms with Gasteiger partial charge >= 0.3 is 0 Å². The number of hydrogen-bond donors (Lipinski definition) is 0. The van der Waals surface area contributed by atoms with Crippen molar-refractivity contribution in [3.8, 4) is 5.75 Å². The third-order valence-corrected chi connectivity index (χ3v) is 5.92. The van der Waals surface area contributed by atoms with Crippen LogP contribution in [0.15, 0.2) is 77.9 Å².